The van der Waals surface area contributed by atoms with E-state index in [0.29, 0.717) is 0 Å². The van der Waals surface area contributed by atoms with Gasteiger partial charge in [-0.1, -0.05) is 0 Å². The van der Waals surface area contributed by atoms with E-state index in [1.165, 1.54) is 6.07 Å². The molecule has 86 valence electrons. The van der Waals surface area contributed by atoms with Crippen molar-refractivity contribution in [3.05, 3.63) is 21.9 Å². The molecule has 1 rings (SSSR count). The van der Waals surface area contributed by atoms with E-state index < -0.39 is 31.6 Å². The first-order valence-corrected chi connectivity index (χ1v) is 6.71. The van der Waals surface area contributed by atoms with E-state index in [2.05, 4.69) is 20.9 Å². The van der Waals surface area contributed by atoms with Crippen molar-refractivity contribution in [2.24, 2.45) is 0 Å². The SMILES string of the molecule is N#Cc1c(S(=O)(=O)Cl)cc(Br)nc1C(F)F. The predicted octanol–water partition coefficient (Wildman–Crippen LogP) is 2.58. The minimum absolute atomic E-state index is 0.138. The Balaban J connectivity index is 3.71. The van der Waals surface area contributed by atoms with Crippen LogP contribution in [0.5, 0.6) is 0 Å². The van der Waals surface area contributed by atoms with Crippen LogP contribution in [0, 0.1) is 11.3 Å². The molecular formula is C7H2BrClF2N2O2S. The van der Waals surface area contributed by atoms with E-state index in [1.54, 1.807) is 0 Å². The Labute approximate surface area is 102 Å². The maximum absolute atomic E-state index is 12.5. The quantitative estimate of drug-likeness (QED) is 0.617. The summed E-state index contributed by atoms with van der Waals surface area (Å²) in [6, 6.07) is 2.25. The zero-order valence-electron chi connectivity index (χ0n) is 7.29. The molecular weight excluding hydrogens is 330 g/mol. The van der Waals surface area contributed by atoms with E-state index in [4.69, 9.17) is 15.9 Å². The van der Waals surface area contributed by atoms with Crippen molar-refractivity contribution in [3.8, 4) is 6.07 Å². The fraction of sp³-hybridized carbons (Fsp3) is 0.143. The molecule has 0 fully saturated rings. The minimum Gasteiger partial charge on any atom is -0.238 e. The van der Waals surface area contributed by atoms with Crippen LogP contribution in [0.15, 0.2) is 15.6 Å². The Hall–Kier alpha value is -0.780. The average Bonchev–Trinajstić information content (AvgIpc) is 2.14. The highest BCUT2D eigenvalue weighted by atomic mass is 79.9. The molecule has 0 bridgehead atoms. The maximum Gasteiger partial charge on any atom is 0.281 e. The first kappa shape index (κ1) is 13.3. The maximum atomic E-state index is 12.5. The molecule has 0 spiro atoms. The van der Waals surface area contributed by atoms with Gasteiger partial charge >= 0.3 is 0 Å². The van der Waals surface area contributed by atoms with Gasteiger partial charge in [-0.3, -0.25) is 0 Å². The lowest BCUT2D eigenvalue weighted by Gasteiger charge is -2.06. The van der Waals surface area contributed by atoms with Crippen LogP contribution >= 0.6 is 26.6 Å². The van der Waals surface area contributed by atoms with Crippen molar-refractivity contribution in [1.29, 1.82) is 5.26 Å². The van der Waals surface area contributed by atoms with Crippen LogP contribution in [0.4, 0.5) is 8.78 Å². The number of nitriles is 1. The van der Waals surface area contributed by atoms with E-state index in [0.717, 1.165) is 6.07 Å². The fourth-order valence-corrected chi connectivity index (χ4v) is 2.56. The first-order valence-electron chi connectivity index (χ1n) is 3.60. The Morgan fingerprint density at radius 1 is 1.56 bits per heavy atom. The lowest BCUT2D eigenvalue weighted by Crippen LogP contribution is -2.03. The second kappa shape index (κ2) is 4.61. The summed E-state index contributed by atoms with van der Waals surface area (Å²) < 4.78 is 47.0. The molecule has 0 saturated heterocycles. The molecule has 0 unspecified atom stereocenters. The summed E-state index contributed by atoms with van der Waals surface area (Å²) in [5, 5.41) is 8.64. The fourth-order valence-electron chi connectivity index (χ4n) is 0.972. The summed E-state index contributed by atoms with van der Waals surface area (Å²) in [4.78, 5) is 2.65. The molecule has 0 aliphatic rings. The number of halogens is 4. The van der Waals surface area contributed by atoms with Crippen LogP contribution < -0.4 is 0 Å². The molecule has 1 aromatic rings. The molecule has 0 radical (unpaired) electrons. The van der Waals surface area contributed by atoms with Gasteiger partial charge in [0.1, 0.15) is 21.3 Å². The molecule has 4 nitrogen and oxygen atoms in total. The molecule has 0 atom stereocenters. The molecule has 1 aromatic heterocycles. The zero-order chi connectivity index (χ0) is 12.5. The summed E-state index contributed by atoms with van der Waals surface area (Å²) in [6.07, 6.45) is -3.07. The van der Waals surface area contributed by atoms with Crippen molar-refractivity contribution in [2.75, 3.05) is 0 Å². The van der Waals surface area contributed by atoms with Crippen molar-refractivity contribution in [1.82, 2.24) is 4.98 Å². The Morgan fingerprint density at radius 3 is 2.50 bits per heavy atom. The van der Waals surface area contributed by atoms with Crippen molar-refractivity contribution >= 4 is 35.7 Å². The van der Waals surface area contributed by atoms with Gasteiger partial charge in [-0.15, -0.1) is 0 Å². The largest absolute Gasteiger partial charge is 0.281 e. The highest BCUT2D eigenvalue weighted by Crippen LogP contribution is 2.29. The topological polar surface area (TPSA) is 70.8 Å². The van der Waals surface area contributed by atoms with Gasteiger partial charge in [-0.25, -0.2) is 22.2 Å². The highest BCUT2D eigenvalue weighted by Gasteiger charge is 2.25. The number of rotatable bonds is 2. The van der Waals surface area contributed by atoms with Crippen LogP contribution in [0.2, 0.25) is 0 Å². The number of aromatic nitrogens is 1. The van der Waals surface area contributed by atoms with E-state index in [1.807, 2.05) is 0 Å². The summed E-state index contributed by atoms with van der Waals surface area (Å²) in [5.74, 6) is 0. The molecule has 1 heterocycles. The summed E-state index contributed by atoms with van der Waals surface area (Å²) in [7, 11) is 0.741. The molecule has 0 amide bonds. The third-order valence-electron chi connectivity index (χ3n) is 1.56. The second-order valence-electron chi connectivity index (χ2n) is 2.55. The van der Waals surface area contributed by atoms with E-state index in [9.17, 15) is 17.2 Å². The Kier molecular flexibility index (Phi) is 3.83. The molecule has 0 aliphatic heterocycles. The van der Waals surface area contributed by atoms with Gasteiger partial charge in [0, 0.05) is 10.7 Å². The number of pyridine rings is 1. The molecule has 0 N–H and O–H groups in total. The number of hydrogen-bond acceptors (Lipinski definition) is 4. The van der Waals surface area contributed by atoms with Crippen molar-refractivity contribution in [2.45, 2.75) is 11.3 Å². The third-order valence-corrected chi connectivity index (χ3v) is 3.31. The van der Waals surface area contributed by atoms with Gasteiger partial charge in [0.2, 0.25) is 0 Å². The normalized spacial score (nSPS) is 11.5. The highest BCUT2D eigenvalue weighted by molar-refractivity contribution is 9.10. The van der Waals surface area contributed by atoms with Gasteiger partial charge in [-0.05, 0) is 22.0 Å². The molecule has 9 heteroatoms. The van der Waals surface area contributed by atoms with Crippen molar-refractivity contribution < 1.29 is 17.2 Å². The minimum atomic E-state index is -4.28. The van der Waals surface area contributed by atoms with Crippen LogP contribution in [0.25, 0.3) is 0 Å². The van der Waals surface area contributed by atoms with Gasteiger partial charge in [0.15, 0.2) is 0 Å². The van der Waals surface area contributed by atoms with Gasteiger partial charge in [-0.2, -0.15) is 5.26 Å². The number of nitrogens with zero attached hydrogens (tertiary/aromatic N) is 2. The third kappa shape index (κ3) is 2.66. The van der Waals surface area contributed by atoms with Gasteiger partial charge < -0.3 is 0 Å². The van der Waals surface area contributed by atoms with Crippen LogP contribution in [-0.2, 0) is 9.05 Å². The Morgan fingerprint density at radius 2 is 2.12 bits per heavy atom. The van der Waals surface area contributed by atoms with Crippen molar-refractivity contribution in [3.63, 3.8) is 0 Å². The summed E-state index contributed by atoms with van der Waals surface area (Å²) >= 11 is 2.76. The molecule has 16 heavy (non-hydrogen) atoms. The van der Waals surface area contributed by atoms with Crippen LogP contribution in [0.3, 0.4) is 0 Å². The van der Waals surface area contributed by atoms with Gasteiger partial charge in [0.25, 0.3) is 15.5 Å². The van der Waals surface area contributed by atoms with E-state index in [-0.39, 0.29) is 4.60 Å². The molecule has 0 aliphatic carbocycles. The zero-order valence-corrected chi connectivity index (χ0v) is 10.4. The first-order chi connectivity index (χ1) is 7.27. The molecule has 0 saturated carbocycles. The van der Waals surface area contributed by atoms with Gasteiger partial charge in [0.05, 0.1) is 5.56 Å². The van der Waals surface area contributed by atoms with Crippen LogP contribution in [-0.4, -0.2) is 13.4 Å². The monoisotopic (exact) mass is 330 g/mol. The second-order valence-corrected chi connectivity index (χ2v) is 5.90. The van der Waals surface area contributed by atoms with E-state index >= 15 is 0 Å². The molecule has 0 aromatic carbocycles. The number of alkyl halides is 2. The Bertz CT molecular complexity index is 570. The summed E-state index contributed by atoms with van der Waals surface area (Å²) in [5.41, 5.74) is -1.66. The average molecular weight is 332 g/mol. The standard InChI is InChI=1S/C7H2BrClF2N2O2S/c8-5-1-4(16(9,14)15)3(2-12)6(13-5)7(10)11/h1,7H. The van der Waals surface area contributed by atoms with Crippen LogP contribution in [0.1, 0.15) is 17.7 Å². The lowest BCUT2D eigenvalue weighted by atomic mass is 10.2. The predicted molar refractivity (Wildman–Crippen MR) is 54.6 cm³/mol. The summed E-state index contributed by atoms with van der Waals surface area (Å²) in [6.45, 7) is 0. The smallest absolute Gasteiger partial charge is 0.238 e. The number of hydrogen-bond donors (Lipinski definition) is 0. The lowest BCUT2D eigenvalue weighted by molar-refractivity contribution is 0.145.